The first-order valence-corrected chi connectivity index (χ1v) is 10.2. The predicted octanol–water partition coefficient (Wildman–Crippen LogP) is 5.75. The monoisotopic (exact) mass is 307 g/mol. The molecule has 0 aromatic heterocycles. The summed E-state index contributed by atoms with van der Waals surface area (Å²) in [6.07, 6.45) is 22.1. The number of carbonyl (C=O) groups is 1. The van der Waals surface area contributed by atoms with Crippen molar-refractivity contribution in [2.24, 2.45) is 5.92 Å². The van der Waals surface area contributed by atoms with Crippen LogP contribution in [0.25, 0.3) is 0 Å². The standard InChI is InChI=1S/C20H37NO/c22-20(18-14-10-6-5-7-11-15-18)21-19-16-12-8-3-1-2-4-9-13-17-19/h18-19H,1-17H2,(H,21,22). The fourth-order valence-corrected chi connectivity index (χ4v) is 4.17. The summed E-state index contributed by atoms with van der Waals surface area (Å²) in [6.45, 7) is 0. The molecule has 2 aliphatic rings. The second-order valence-corrected chi connectivity index (χ2v) is 7.65. The summed E-state index contributed by atoms with van der Waals surface area (Å²) in [7, 11) is 0. The van der Waals surface area contributed by atoms with Gasteiger partial charge in [-0.05, 0) is 25.7 Å². The van der Waals surface area contributed by atoms with Crippen LogP contribution in [0, 0.1) is 5.92 Å². The van der Waals surface area contributed by atoms with Crippen LogP contribution in [0.5, 0.6) is 0 Å². The summed E-state index contributed by atoms with van der Waals surface area (Å²) >= 11 is 0. The summed E-state index contributed by atoms with van der Waals surface area (Å²) in [5.74, 6) is 0.681. The van der Waals surface area contributed by atoms with Crippen molar-refractivity contribution >= 4 is 5.91 Å². The van der Waals surface area contributed by atoms with Gasteiger partial charge < -0.3 is 5.32 Å². The summed E-state index contributed by atoms with van der Waals surface area (Å²) in [5, 5.41) is 3.43. The minimum absolute atomic E-state index is 0.304. The van der Waals surface area contributed by atoms with Gasteiger partial charge in [-0.15, -0.1) is 0 Å². The molecule has 128 valence electrons. The molecule has 2 aliphatic carbocycles. The first kappa shape index (κ1) is 17.8. The van der Waals surface area contributed by atoms with E-state index < -0.39 is 0 Å². The lowest BCUT2D eigenvalue weighted by Gasteiger charge is -2.24. The molecule has 0 heterocycles. The highest BCUT2D eigenvalue weighted by Crippen LogP contribution is 2.23. The van der Waals surface area contributed by atoms with Crippen molar-refractivity contribution in [3.63, 3.8) is 0 Å². The van der Waals surface area contributed by atoms with Gasteiger partial charge >= 0.3 is 0 Å². The largest absolute Gasteiger partial charge is 0.353 e. The topological polar surface area (TPSA) is 29.1 Å². The fraction of sp³-hybridized carbons (Fsp3) is 0.950. The Morgan fingerprint density at radius 2 is 0.909 bits per heavy atom. The van der Waals surface area contributed by atoms with Crippen molar-refractivity contribution in [1.82, 2.24) is 5.32 Å². The molecule has 0 radical (unpaired) electrons. The van der Waals surface area contributed by atoms with Crippen molar-refractivity contribution in [3.05, 3.63) is 0 Å². The lowest BCUT2D eigenvalue weighted by Crippen LogP contribution is -2.39. The van der Waals surface area contributed by atoms with Gasteiger partial charge in [0.15, 0.2) is 0 Å². The van der Waals surface area contributed by atoms with Crippen LogP contribution in [0.15, 0.2) is 0 Å². The van der Waals surface area contributed by atoms with E-state index >= 15 is 0 Å². The van der Waals surface area contributed by atoms with Crippen LogP contribution in [0.1, 0.15) is 109 Å². The van der Waals surface area contributed by atoms with Gasteiger partial charge in [0.25, 0.3) is 0 Å². The molecule has 2 saturated carbocycles. The zero-order chi connectivity index (χ0) is 15.5. The summed E-state index contributed by atoms with van der Waals surface area (Å²) < 4.78 is 0. The molecule has 2 rings (SSSR count). The number of rotatable bonds is 2. The molecular weight excluding hydrogens is 270 g/mol. The zero-order valence-corrected chi connectivity index (χ0v) is 14.6. The molecule has 0 spiro atoms. The molecule has 22 heavy (non-hydrogen) atoms. The van der Waals surface area contributed by atoms with Crippen LogP contribution < -0.4 is 5.32 Å². The number of hydrogen-bond donors (Lipinski definition) is 1. The quantitative estimate of drug-likeness (QED) is 0.691. The van der Waals surface area contributed by atoms with Crippen LogP contribution in [0.2, 0.25) is 0 Å². The van der Waals surface area contributed by atoms with Crippen molar-refractivity contribution in [2.75, 3.05) is 0 Å². The average Bonchev–Trinajstić information content (AvgIpc) is 2.53. The van der Waals surface area contributed by atoms with Crippen molar-refractivity contribution in [2.45, 2.75) is 115 Å². The maximum absolute atomic E-state index is 12.6. The molecule has 2 fully saturated rings. The van der Waals surface area contributed by atoms with E-state index in [4.69, 9.17) is 0 Å². The molecule has 0 saturated heterocycles. The SMILES string of the molecule is O=C(NC1CCCCCCCCCC1)C1CCCCCCC1. The van der Waals surface area contributed by atoms with Crippen LogP contribution in [-0.2, 0) is 4.79 Å². The number of carbonyl (C=O) groups excluding carboxylic acids is 1. The third-order valence-electron chi connectivity index (χ3n) is 5.68. The van der Waals surface area contributed by atoms with E-state index in [-0.39, 0.29) is 0 Å². The number of amides is 1. The van der Waals surface area contributed by atoms with E-state index in [9.17, 15) is 4.79 Å². The Balaban J connectivity index is 1.77. The Kier molecular flexibility index (Phi) is 8.97. The molecule has 2 heteroatoms. The fourth-order valence-electron chi connectivity index (χ4n) is 4.17. The van der Waals surface area contributed by atoms with Crippen LogP contribution in [-0.4, -0.2) is 11.9 Å². The van der Waals surface area contributed by atoms with Crippen molar-refractivity contribution < 1.29 is 4.79 Å². The van der Waals surface area contributed by atoms with Crippen molar-refractivity contribution in [3.8, 4) is 0 Å². The molecular formula is C20H37NO. The van der Waals surface area contributed by atoms with E-state index in [0.29, 0.717) is 17.9 Å². The molecule has 0 unspecified atom stereocenters. The second kappa shape index (κ2) is 11.1. The Hall–Kier alpha value is -0.530. The third kappa shape index (κ3) is 7.15. The maximum Gasteiger partial charge on any atom is 0.223 e. The molecule has 0 atom stereocenters. The number of hydrogen-bond acceptors (Lipinski definition) is 1. The molecule has 0 aromatic carbocycles. The zero-order valence-electron chi connectivity index (χ0n) is 14.6. The number of nitrogens with one attached hydrogen (secondary N) is 1. The normalized spacial score (nSPS) is 24.7. The van der Waals surface area contributed by atoms with E-state index in [1.807, 2.05) is 0 Å². The summed E-state index contributed by atoms with van der Waals surface area (Å²) in [4.78, 5) is 12.6. The Labute approximate surface area is 137 Å². The molecule has 1 amide bonds. The van der Waals surface area contributed by atoms with E-state index in [0.717, 1.165) is 12.8 Å². The summed E-state index contributed by atoms with van der Waals surface area (Å²) in [5.41, 5.74) is 0. The molecule has 0 aliphatic heterocycles. The van der Waals surface area contributed by atoms with Crippen LogP contribution in [0.3, 0.4) is 0 Å². The Morgan fingerprint density at radius 3 is 1.36 bits per heavy atom. The second-order valence-electron chi connectivity index (χ2n) is 7.65. The van der Waals surface area contributed by atoms with Gasteiger partial charge in [-0.3, -0.25) is 4.79 Å². The minimum Gasteiger partial charge on any atom is -0.353 e. The van der Waals surface area contributed by atoms with E-state index in [1.165, 1.54) is 96.3 Å². The van der Waals surface area contributed by atoms with Crippen LogP contribution in [0.4, 0.5) is 0 Å². The molecule has 2 nitrogen and oxygen atoms in total. The average molecular weight is 308 g/mol. The van der Waals surface area contributed by atoms with Crippen molar-refractivity contribution in [1.29, 1.82) is 0 Å². The Morgan fingerprint density at radius 1 is 0.545 bits per heavy atom. The minimum atomic E-state index is 0.304. The highest BCUT2D eigenvalue weighted by molar-refractivity contribution is 5.78. The molecule has 1 N–H and O–H groups in total. The molecule has 0 aromatic rings. The summed E-state index contributed by atoms with van der Waals surface area (Å²) in [6, 6.07) is 0.455. The highest BCUT2D eigenvalue weighted by Gasteiger charge is 2.21. The maximum atomic E-state index is 12.6. The van der Waals surface area contributed by atoms with Gasteiger partial charge in [0.2, 0.25) is 5.91 Å². The van der Waals surface area contributed by atoms with Gasteiger partial charge in [0.1, 0.15) is 0 Å². The van der Waals surface area contributed by atoms with Gasteiger partial charge in [-0.2, -0.15) is 0 Å². The highest BCUT2D eigenvalue weighted by atomic mass is 16.1. The van der Waals surface area contributed by atoms with Gasteiger partial charge in [-0.25, -0.2) is 0 Å². The Bertz CT molecular complexity index is 282. The first-order chi connectivity index (χ1) is 10.9. The molecule has 0 bridgehead atoms. The lowest BCUT2D eigenvalue weighted by molar-refractivity contribution is -0.126. The lowest BCUT2D eigenvalue weighted by atomic mass is 9.90. The van der Waals surface area contributed by atoms with Gasteiger partial charge in [0.05, 0.1) is 0 Å². The predicted molar refractivity (Wildman–Crippen MR) is 93.9 cm³/mol. The third-order valence-corrected chi connectivity index (χ3v) is 5.68. The first-order valence-electron chi connectivity index (χ1n) is 10.2. The smallest absolute Gasteiger partial charge is 0.223 e. The van der Waals surface area contributed by atoms with E-state index in [1.54, 1.807) is 0 Å². The van der Waals surface area contributed by atoms with E-state index in [2.05, 4.69) is 5.32 Å². The van der Waals surface area contributed by atoms with Gasteiger partial charge in [0, 0.05) is 12.0 Å². The van der Waals surface area contributed by atoms with Crippen LogP contribution >= 0.6 is 0 Å². The van der Waals surface area contributed by atoms with Gasteiger partial charge in [-0.1, -0.05) is 83.5 Å².